The average Bonchev–Trinajstić information content (AvgIpc) is 2.55. The highest BCUT2D eigenvalue weighted by molar-refractivity contribution is 5.96. The van der Waals surface area contributed by atoms with Crippen molar-refractivity contribution < 1.29 is 14.6 Å². The number of ether oxygens (including phenoxy) is 1. The topological polar surface area (TPSA) is 73.6 Å². The van der Waals surface area contributed by atoms with Crippen molar-refractivity contribution in [3.63, 3.8) is 0 Å². The van der Waals surface area contributed by atoms with Crippen molar-refractivity contribution in [2.45, 2.75) is 25.4 Å². The van der Waals surface area contributed by atoms with Gasteiger partial charge in [0, 0.05) is 26.3 Å². The third-order valence-corrected chi connectivity index (χ3v) is 3.66. The number of nitriles is 1. The molecule has 5 nitrogen and oxygen atoms in total. The second-order valence-corrected chi connectivity index (χ2v) is 5.10. The van der Waals surface area contributed by atoms with Crippen LogP contribution < -0.4 is 0 Å². The molecule has 0 radical (unpaired) electrons. The maximum Gasteiger partial charge on any atom is 0.255 e. The first kappa shape index (κ1) is 15.5. The van der Waals surface area contributed by atoms with Gasteiger partial charge in [0.15, 0.2) is 0 Å². The Bertz CT molecular complexity index is 516. The van der Waals surface area contributed by atoms with Crippen molar-refractivity contribution >= 4 is 5.91 Å². The number of piperidine rings is 1. The summed E-state index contributed by atoms with van der Waals surface area (Å²) in [5.74, 6) is -0.0824. The highest BCUT2D eigenvalue weighted by atomic mass is 16.5. The highest BCUT2D eigenvalue weighted by Gasteiger charge is 2.25. The molecular formula is C16H20N2O3. The molecule has 1 heterocycles. The van der Waals surface area contributed by atoms with Gasteiger partial charge in [0.2, 0.25) is 0 Å². The van der Waals surface area contributed by atoms with Gasteiger partial charge in [-0.15, -0.1) is 0 Å². The van der Waals surface area contributed by atoms with Crippen LogP contribution in [0, 0.1) is 11.3 Å². The quantitative estimate of drug-likeness (QED) is 0.834. The van der Waals surface area contributed by atoms with Gasteiger partial charge in [0.05, 0.1) is 23.3 Å². The molecule has 1 fully saturated rings. The van der Waals surface area contributed by atoms with E-state index in [1.165, 1.54) is 0 Å². The van der Waals surface area contributed by atoms with Crippen molar-refractivity contribution in [3.8, 4) is 6.07 Å². The number of likely N-dealkylation sites (tertiary alicyclic amines) is 1. The number of amides is 1. The molecule has 0 saturated carbocycles. The number of rotatable bonds is 5. The van der Waals surface area contributed by atoms with E-state index in [9.17, 15) is 4.79 Å². The lowest BCUT2D eigenvalue weighted by atomic mass is 10.0. The van der Waals surface area contributed by atoms with E-state index >= 15 is 0 Å². The number of carbonyl (C=O) groups excluding carboxylic acids is 1. The van der Waals surface area contributed by atoms with Crippen molar-refractivity contribution in [2.75, 3.05) is 26.3 Å². The van der Waals surface area contributed by atoms with Gasteiger partial charge in [-0.2, -0.15) is 5.26 Å². The molecule has 0 aliphatic carbocycles. The predicted octanol–water partition coefficient (Wildman–Crippen LogP) is 1.56. The van der Waals surface area contributed by atoms with E-state index in [1.807, 2.05) is 0 Å². The predicted molar refractivity (Wildman–Crippen MR) is 77.7 cm³/mol. The summed E-state index contributed by atoms with van der Waals surface area (Å²) < 4.78 is 5.65. The average molecular weight is 288 g/mol. The van der Waals surface area contributed by atoms with Gasteiger partial charge < -0.3 is 14.7 Å². The van der Waals surface area contributed by atoms with Crippen LogP contribution >= 0.6 is 0 Å². The molecule has 5 heteroatoms. The van der Waals surface area contributed by atoms with E-state index in [0.29, 0.717) is 37.2 Å². The van der Waals surface area contributed by atoms with Crippen LogP contribution in [0.25, 0.3) is 0 Å². The lowest BCUT2D eigenvalue weighted by molar-refractivity contribution is 0.00397. The third kappa shape index (κ3) is 4.03. The minimum absolute atomic E-state index is 0.0824. The molecule has 0 bridgehead atoms. The second-order valence-electron chi connectivity index (χ2n) is 5.10. The van der Waals surface area contributed by atoms with Gasteiger partial charge in [-0.1, -0.05) is 12.1 Å². The van der Waals surface area contributed by atoms with E-state index in [2.05, 4.69) is 6.07 Å². The summed E-state index contributed by atoms with van der Waals surface area (Å²) in [4.78, 5) is 14.2. The molecule has 1 amide bonds. The second kappa shape index (κ2) is 7.77. The molecule has 1 N–H and O–H groups in total. The zero-order valence-electron chi connectivity index (χ0n) is 12.0. The molecular weight excluding hydrogens is 268 g/mol. The van der Waals surface area contributed by atoms with Crippen LogP contribution in [0.2, 0.25) is 0 Å². The Morgan fingerprint density at radius 1 is 1.38 bits per heavy atom. The van der Waals surface area contributed by atoms with Gasteiger partial charge in [0.25, 0.3) is 5.91 Å². The Morgan fingerprint density at radius 3 is 2.76 bits per heavy atom. The summed E-state index contributed by atoms with van der Waals surface area (Å²) in [6.45, 7) is 1.99. The molecule has 2 rings (SSSR count). The standard InChI is InChI=1S/C16H20N2O3/c17-12-13-4-1-2-5-15(13)16(20)18-8-6-14(7-9-18)21-11-3-10-19/h1-2,4-5,14,19H,3,6-11H2. The van der Waals surface area contributed by atoms with Crippen molar-refractivity contribution in [3.05, 3.63) is 35.4 Å². The molecule has 0 unspecified atom stereocenters. The fraction of sp³-hybridized carbons (Fsp3) is 0.500. The van der Waals surface area contributed by atoms with Crippen LogP contribution in [0.4, 0.5) is 0 Å². The Balaban J connectivity index is 1.90. The zero-order chi connectivity index (χ0) is 15.1. The Labute approximate surface area is 124 Å². The van der Waals surface area contributed by atoms with Gasteiger partial charge in [0.1, 0.15) is 0 Å². The maximum atomic E-state index is 12.4. The van der Waals surface area contributed by atoms with Crippen molar-refractivity contribution in [2.24, 2.45) is 0 Å². The molecule has 112 valence electrons. The third-order valence-electron chi connectivity index (χ3n) is 3.66. The molecule has 1 aliphatic heterocycles. The lowest BCUT2D eigenvalue weighted by Gasteiger charge is -2.32. The van der Waals surface area contributed by atoms with Crippen molar-refractivity contribution in [1.29, 1.82) is 5.26 Å². The number of hydrogen-bond acceptors (Lipinski definition) is 4. The van der Waals surface area contributed by atoms with E-state index < -0.39 is 0 Å². The zero-order valence-corrected chi connectivity index (χ0v) is 12.0. The smallest absolute Gasteiger partial charge is 0.255 e. The van der Waals surface area contributed by atoms with E-state index in [0.717, 1.165) is 12.8 Å². The van der Waals surface area contributed by atoms with E-state index in [-0.39, 0.29) is 18.6 Å². The fourth-order valence-corrected chi connectivity index (χ4v) is 2.48. The number of benzene rings is 1. The van der Waals surface area contributed by atoms with Crippen LogP contribution in [-0.2, 0) is 4.74 Å². The van der Waals surface area contributed by atoms with Crippen LogP contribution in [0.5, 0.6) is 0 Å². The molecule has 1 aromatic rings. The Kier molecular flexibility index (Phi) is 5.73. The summed E-state index contributed by atoms with van der Waals surface area (Å²) in [5.41, 5.74) is 0.892. The SMILES string of the molecule is N#Cc1ccccc1C(=O)N1CCC(OCCCO)CC1. The minimum atomic E-state index is -0.0824. The molecule has 1 aromatic carbocycles. The highest BCUT2D eigenvalue weighted by Crippen LogP contribution is 2.18. The first-order valence-electron chi connectivity index (χ1n) is 7.27. The van der Waals surface area contributed by atoms with Gasteiger partial charge in [-0.3, -0.25) is 4.79 Å². The normalized spacial score (nSPS) is 15.7. The van der Waals surface area contributed by atoms with Crippen LogP contribution in [-0.4, -0.2) is 48.3 Å². The summed E-state index contributed by atoms with van der Waals surface area (Å²) in [6, 6.07) is 8.96. The first-order chi connectivity index (χ1) is 10.3. The molecule has 1 saturated heterocycles. The minimum Gasteiger partial charge on any atom is -0.396 e. The summed E-state index contributed by atoms with van der Waals surface area (Å²) in [5, 5.41) is 17.8. The van der Waals surface area contributed by atoms with Gasteiger partial charge in [-0.25, -0.2) is 0 Å². The van der Waals surface area contributed by atoms with E-state index in [4.69, 9.17) is 15.1 Å². The monoisotopic (exact) mass is 288 g/mol. The van der Waals surface area contributed by atoms with Crippen LogP contribution in [0.3, 0.4) is 0 Å². The van der Waals surface area contributed by atoms with Gasteiger partial charge >= 0.3 is 0 Å². The number of nitrogens with zero attached hydrogens (tertiary/aromatic N) is 2. The number of aliphatic hydroxyl groups is 1. The number of carbonyl (C=O) groups is 1. The lowest BCUT2D eigenvalue weighted by Crippen LogP contribution is -2.41. The molecule has 21 heavy (non-hydrogen) atoms. The van der Waals surface area contributed by atoms with Crippen molar-refractivity contribution in [1.82, 2.24) is 4.90 Å². The summed E-state index contributed by atoms with van der Waals surface area (Å²) >= 11 is 0. The number of hydrogen-bond donors (Lipinski definition) is 1. The summed E-state index contributed by atoms with van der Waals surface area (Å²) in [6.07, 6.45) is 2.40. The summed E-state index contributed by atoms with van der Waals surface area (Å²) in [7, 11) is 0. The Morgan fingerprint density at radius 2 is 2.10 bits per heavy atom. The van der Waals surface area contributed by atoms with Crippen LogP contribution in [0.1, 0.15) is 35.2 Å². The number of aliphatic hydroxyl groups excluding tert-OH is 1. The largest absolute Gasteiger partial charge is 0.396 e. The first-order valence-corrected chi connectivity index (χ1v) is 7.27. The van der Waals surface area contributed by atoms with Crippen LogP contribution in [0.15, 0.2) is 24.3 Å². The molecule has 1 aliphatic rings. The molecule has 0 spiro atoms. The van der Waals surface area contributed by atoms with E-state index in [1.54, 1.807) is 29.2 Å². The fourth-order valence-electron chi connectivity index (χ4n) is 2.48. The maximum absolute atomic E-state index is 12.4. The molecule has 0 atom stereocenters. The molecule has 0 aromatic heterocycles. The van der Waals surface area contributed by atoms with Gasteiger partial charge in [-0.05, 0) is 31.4 Å². The Hall–Kier alpha value is -1.90.